The molecule has 0 unspecified atom stereocenters. The maximum absolute atomic E-state index is 2.31. The molecule has 0 aliphatic carbocycles. The van der Waals surface area contributed by atoms with Crippen LogP contribution >= 0.6 is 0 Å². The van der Waals surface area contributed by atoms with Crippen LogP contribution in [0.4, 0.5) is 22.7 Å². The van der Waals surface area contributed by atoms with Crippen molar-refractivity contribution < 1.29 is 0 Å². The SMILES string of the molecule is Cc1ccc(N(/C=C/C(=C\C=C\C=C\c2ccccc2)N(c2ccc(C)cc2)c2ccc(/C=C/C=C/c3ccccc3)cc2)c2ccc(/C=C/C=C/c3ccccc3)cc2)cc1. The average molecular weight is 801 g/mol. The summed E-state index contributed by atoms with van der Waals surface area (Å²) in [7, 11) is 0. The van der Waals surface area contributed by atoms with Crippen molar-refractivity contribution in [2.75, 3.05) is 9.80 Å². The molecule has 0 saturated carbocycles. The molecule has 0 amide bonds. The van der Waals surface area contributed by atoms with Crippen molar-refractivity contribution in [3.63, 3.8) is 0 Å². The lowest BCUT2D eigenvalue weighted by Crippen LogP contribution is -2.16. The van der Waals surface area contributed by atoms with Gasteiger partial charge in [0.05, 0.1) is 0 Å². The normalized spacial score (nSPS) is 12.3. The van der Waals surface area contributed by atoms with Crippen molar-refractivity contribution in [1.29, 1.82) is 0 Å². The zero-order chi connectivity index (χ0) is 42.6. The number of nitrogens with zero attached hydrogens (tertiary/aromatic N) is 2. The van der Waals surface area contributed by atoms with Crippen LogP contribution in [0.25, 0.3) is 30.4 Å². The summed E-state index contributed by atoms with van der Waals surface area (Å²) < 4.78 is 0. The quantitative estimate of drug-likeness (QED) is 0.0898. The van der Waals surface area contributed by atoms with Crippen LogP contribution in [0, 0.1) is 13.8 Å². The first-order chi connectivity index (χ1) is 30.6. The Morgan fingerprint density at radius 1 is 0.323 bits per heavy atom. The van der Waals surface area contributed by atoms with Gasteiger partial charge < -0.3 is 9.80 Å². The number of hydrogen-bond acceptors (Lipinski definition) is 2. The van der Waals surface area contributed by atoms with Gasteiger partial charge in [-0.05, 0) is 102 Å². The minimum atomic E-state index is 0.995. The maximum Gasteiger partial charge on any atom is 0.0476 e. The third-order valence-electron chi connectivity index (χ3n) is 10.1. The Hall–Kier alpha value is -7.94. The van der Waals surface area contributed by atoms with Gasteiger partial charge in [-0.15, -0.1) is 0 Å². The van der Waals surface area contributed by atoms with Crippen molar-refractivity contribution in [2.24, 2.45) is 0 Å². The zero-order valence-electron chi connectivity index (χ0n) is 35.5. The van der Waals surface area contributed by atoms with Gasteiger partial charge in [0.1, 0.15) is 0 Å². The first-order valence-electron chi connectivity index (χ1n) is 21.1. The van der Waals surface area contributed by atoms with Gasteiger partial charge in [0, 0.05) is 34.6 Å². The van der Waals surface area contributed by atoms with Crippen molar-refractivity contribution in [3.8, 4) is 0 Å². The molecule has 7 aromatic rings. The van der Waals surface area contributed by atoms with Crippen LogP contribution in [0.3, 0.4) is 0 Å². The van der Waals surface area contributed by atoms with Gasteiger partial charge >= 0.3 is 0 Å². The Bertz CT molecular complexity index is 2680. The predicted octanol–water partition coefficient (Wildman–Crippen LogP) is 16.4. The fraction of sp³-hybridized carbons (Fsp3) is 0.0333. The van der Waals surface area contributed by atoms with E-state index in [9.17, 15) is 0 Å². The Kier molecular flexibility index (Phi) is 15.3. The van der Waals surface area contributed by atoms with E-state index >= 15 is 0 Å². The molecular weight excluding hydrogens is 749 g/mol. The smallest absolute Gasteiger partial charge is 0.0476 e. The van der Waals surface area contributed by atoms with Crippen LogP contribution in [0.2, 0.25) is 0 Å². The van der Waals surface area contributed by atoms with Crippen LogP contribution in [-0.2, 0) is 0 Å². The van der Waals surface area contributed by atoms with Crippen LogP contribution in [-0.4, -0.2) is 0 Å². The van der Waals surface area contributed by atoms with Gasteiger partial charge in [0.15, 0.2) is 0 Å². The third kappa shape index (κ3) is 12.8. The van der Waals surface area contributed by atoms with Crippen LogP contribution in [0.1, 0.15) is 38.9 Å². The highest BCUT2D eigenvalue weighted by Gasteiger charge is 2.14. The number of benzene rings is 7. The molecule has 62 heavy (non-hydrogen) atoms. The van der Waals surface area contributed by atoms with Crippen molar-refractivity contribution >= 4 is 53.1 Å². The molecule has 2 heteroatoms. The number of allylic oxidation sites excluding steroid dienone is 9. The van der Waals surface area contributed by atoms with E-state index in [0.29, 0.717) is 0 Å². The molecule has 302 valence electrons. The first-order valence-corrected chi connectivity index (χ1v) is 21.1. The molecule has 7 aromatic carbocycles. The fourth-order valence-corrected chi connectivity index (χ4v) is 6.75. The molecule has 0 heterocycles. The van der Waals surface area contributed by atoms with Gasteiger partial charge in [-0.25, -0.2) is 0 Å². The van der Waals surface area contributed by atoms with E-state index in [1.807, 2.05) is 18.2 Å². The van der Waals surface area contributed by atoms with Crippen LogP contribution < -0.4 is 9.80 Å². The molecule has 0 aliphatic heterocycles. The lowest BCUT2D eigenvalue weighted by Gasteiger charge is -2.28. The number of hydrogen-bond donors (Lipinski definition) is 0. The van der Waals surface area contributed by atoms with E-state index in [4.69, 9.17) is 0 Å². The number of anilines is 4. The minimum Gasteiger partial charge on any atom is -0.317 e. The Balaban J connectivity index is 1.23. The zero-order valence-corrected chi connectivity index (χ0v) is 35.5. The van der Waals surface area contributed by atoms with Crippen molar-refractivity contribution in [2.45, 2.75) is 13.8 Å². The highest BCUT2D eigenvalue weighted by atomic mass is 15.2. The predicted molar refractivity (Wildman–Crippen MR) is 270 cm³/mol. The van der Waals surface area contributed by atoms with Crippen LogP contribution in [0.15, 0.2) is 255 Å². The summed E-state index contributed by atoms with van der Waals surface area (Å²) in [5, 5.41) is 0. The summed E-state index contributed by atoms with van der Waals surface area (Å²) in [5.74, 6) is 0. The standard InChI is InChI=1S/C60H52N2/c1-49-31-39-56(40-32-49)61(57-43-35-54(36-44-57)28-17-15-26-52-21-9-4-10-22-52)48-47-58(30-14-6-13-25-51-19-7-3-8-20-51)62(59-41-33-50(2)34-42-59)60-45-37-55(38-46-60)29-18-16-27-53-23-11-5-12-24-53/h3-48H,1-2H3/b14-6+,25-13+,26-15+,27-16+,28-17+,29-18+,48-47+,58-30+. The lowest BCUT2D eigenvalue weighted by molar-refractivity contribution is 1.19. The lowest BCUT2D eigenvalue weighted by atomic mass is 10.1. The fourth-order valence-electron chi connectivity index (χ4n) is 6.75. The summed E-state index contributed by atoms with van der Waals surface area (Å²) in [6.45, 7) is 4.25. The molecule has 0 aromatic heterocycles. The molecule has 0 radical (unpaired) electrons. The Morgan fingerprint density at radius 3 is 1.05 bits per heavy atom. The monoisotopic (exact) mass is 800 g/mol. The average Bonchev–Trinajstić information content (AvgIpc) is 3.32. The maximum atomic E-state index is 2.31. The van der Waals surface area contributed by atoms with E-state index in [1.165, 1.54) is 22.3 Å². The van der Waals surface area contributed by atoms with E-state index in [-0.39, 0.29) is 0 Å². The summed E-state index contributed by atoms with van der Waals surface area (Å²) in [6.07, 6.45) is 31.8. The van der Waals surface area contributed by atoms with Gasteiger partial charge in [0.25, 0.3) is 0 Å². The summed E-state index contributed by atoms with van der Waals surface area (Å²) >= 11 is 0. The van der Waals surface area contributed by atoms with E-state index in [1.54, 1.807) is 0 Å². The molecule has 0 N–H and O–H groups in total. The molecule has 0 fully saturated rings. The van der Waals surface area contributed by atoms with E-state index in [0.717, 1.165) is 45.1 Å². The van der Waals surface area contributed by atoms with Gasteiger partial charge in [-0.3, -0.25) is 0 Å². The molecule has 2 nitrogen and oxygen atoms in total. The summed E-state index contributed by atoms with van der Waals surface area (Å²) in [4.78, 5) is 4.56. The molecule has 0 bridgehead atoms. The van der Waals surface area contributed by atoms with E-state index in [2.05, 4.69) is 285 Å². The first kappa shape index (κ1) is 42.2. The topological polar surface area (TPSA) is 6.48 Å². The molecular formula is C60H52N2. The third-order valence-corrected chi connectivity index (χ3v) is 10.1. The van der Waals surface area contributed by atoms with E-state index < -0.39 is 0 Å². The molecule has 0 aliphatic rings. The molecule has 7 rings (SSSR count). The van der Waals surface area contributed by atoms with Crippen LogP contribution in [0.5, 0.6) is 0 Å². The number of rotatable bonds is 16. The van der Waals surface area contributed by atoms with Gasteiger partial charge in [-0.2, -0.15) is 0 Å². The molecule has 0 atom stereocenters. The number of aryl methyl sites for hydroxylation is 2. The molecule has 0 spiro atoms. The second-order valence-electron chi connectivity index (χ2n) is 14.9. The Morgan fingerprint density at radius 2 is 0.645 bits per heavy atom. The van der Waals surface area contributed by atoms with Crippen molar-refractivity contribution in [3.05, 3.63) is 294 Å². The summed E-state index contributed by atoms with van der Waals surface area (Å²) in [5.41, 5.74) is 13.4. The van der Waals surface area contributed by atoms with Gasteiger partial charge in [-0.1, -0.05) is 224 Å². The van der Waals surface area contributed by atoms with Gasteiger partial charge in [0.2, 0.25) is 0 Å². The Labute approximate surface area is 368 Å². The minimum absolute atomic E-state index is 0.995. The largest absolute Gasteiger partial charge is 0.317 e. The highest BCUT2D eigenvalue weighted by Crippen LogP contribution is 2.33. The molecule has 0 saturated heterocycles. The second kappa shape index (κ2) is 22.4. The van der Waals surface area contributed by atoms with Crippen molar-refractivity contribution in [1.82, 2.24) is 0 Å². The summed E-state index contributed by atoms with van der Waals surface area (Å²) in [6, 6.07) is 65.9. The second-order valence-corrected chi connectivity index (χ2v) is 14.9. The highest BCUT2D eigenvalue weighted by molar-refractivity contribution is 5.74.